The summed E-state index contributed by atoms with van der Waals surface area (Å²) in [6.45, 7) is 1.95. The number of rotatable bonds is 4. The summed E-state index contributed by atoms with van der Waals surface area (Å²) in [4.78, 5) is 12.5. The van der Waals surface area contributed by atoms with Gasteiger partial charge in [0, 0.05) is 4.90 Å². The average Bonchev–Trinajstić information content (AvgIpc) is 2.86. The number of halogens is 3. The SMILES string of the molecule is Cc1ccc(SCC(=O)Nc2nnc(C(F)(F)F)s2)cc1. The van der Waals surface area contributed by atoms with Gasteiger partial charge in [0.15, 0.2) is 0 Å². The number of aromatic nitrogens is 2. The number of thioether (sulfide) groups is 1. The second kappa shape index (κ2) is 6.44. The fraction of sp³-hybridized carbons (Fsp3) is 0.250. The third-order valence-electron chi connectivity index (χ3n) is 2.30. The maximum Gasteiger partial charge on any atom is 0.445 e. The number of hydrogen-bond acceptors (Lipinski definition) is 5. The van der Waals surface area contributed by atoms with Crippen LogP contribution in [-0.2, 0) is 11.0 Å². The average molecular weight is 333 g/mol. The van der Waals surface area contributed by atoms with Crippen molar-refractivity contribution in [3.63, 3.8) is 0 Å². The molecule has 0 spiro atoms. The molecule has 0 saturated heterocycles. The summed E-state index contributed by atoms with van der Waals surface area (Å²) in [5, 5.41) is 7.35. The molecule has 0 aliphatic rings. The fourth-order valence-corrected chi connectivity index (χ4v) is 2.65. The summed E-state index contributed by atoms with van der Waals surface area (Å²) < 4.78 is 37.0. The highest BCUT2D eigenvalue weighted by atomic mass is 32.2. The summed E-state index contributed by atoms with van der Waals surface area (Å²) in [5.41, 5.74) is 1.11. The highest BCUT2D eigenvalue weighted by Gasteiger charge is 2.35. The van der Waals surface area contributed by atoms with Crippen LogP contribution in [0.2, 0.25) is 0 Å². The van der Waals surface area contributed by atoms with Crippen LogP contribution in [0.3, 0.4) is 0 Å². The number of amides is 1. The minimum atomic E-state index is -4.54. The van der Waals surface area contributed by atoms with Crippen molar-refractivity contribution in [1.82, 2.24) is 10.2 Å². The van der Waals surface area contributed by atoms with Crippen molar-refractivity contribution in [3.05, 3.63) is 34.8 Å². The van der Waals surface area contributed by atoms with Gasteiger partial charge in [-0.25, -0.2) is 0 Å². The Kier molecular flexibility index (Phi) is 4.84. The molecule has 0 fully saturated rings. The van der Waals surface area contributed by atoms with E-state index in [-0.39, 0.29) is 10.9 Å². The molecular formula is C12H10F3N3OS2. The third-order valence-corrected chi connectivity index (χ3v) is 4.20. The normalized spacial score (nSPS) is 11.4. The number of nitrogens with zero attached hydrogens (tertiary/aromatic N) is 2. The lowest BCUT2D eigenvalue weighted by molar-refractivity contribution is -0.138. The largest absolute Gasteiger partial charge is 0.445 e. The van der Waals surface area contributed by atoms with E-state index in [0.29, 0.717) is 11.3 Å². The van der Waals surface area contributed by atoms with Crippen LogP contribution in [0.5, 0.6) is 0 Å². The van der Waals surface area contributed by atoms with Gasteiger partial charge in [-0.05, 0) is 19.1 Å². The van der Waals surface area contributed by atoms with Crippen molar-refractivity contribution in [2.75, 3.05) is 11.1 Å². The zero-order chi connectivity index (χ0) is 15.5. The highest BCUT2D eigenvalue weighted by Crippen LogP contribution is 2.33. The molecule has 1 aromatic carbocycles. The summed E-state index contributed by atoms with van der Waals surface area (Å²) >= 11 is 1.59. The molecule has 1 amide bonds. The lowest BCUT2D eigenvalue weighted by atomic mass is 10.2. The minimum Gasteiger partial charge on any atom is -0.300 e. The molecule has 0 bridgehead atoms. The molecular weight excluding hydrogens is 323 g/mol. The first kappa shape index (κ1) is 15.8. The van der Waals surface area contributed by atoms with Crippen molar-refractivity contribution in [2.45, 2.75) is 18.0 Å². The number of aryl methyl sites for hydroxylation is 1. The van der Waals surface area contributed by atoms with Crippen molar-refractivity contribution in [3.8, 4) is 0 Å². The van der Waals surface area contributed by atoms with E-state index in [0.717, 1.165) is 10.5 Å². The van der Waals surface area contributed by atoms with Gasteiger partial charge in [-0.2, -0.15) is 13.2 Å². The third kappa shape index (κ3) is 4.71. The zero-order valence-corrected chi connectivity index (χ0v) is 12.4. The van der Waals surface area contributed by atoms with Crippen molar-refractivity contribution >= 4 is 34.1 Å². The molecule has 9 heteroatoms. The summed E-state index contributed by atoms with van der Waals surface area (Å²) in [7, 11) is 0. The van der Waals surface area contributed by atoms with Crippen molar-refractivity contribution in [2.24, 2.45) is 0 Å². The summed E-state index contributed by atoms with van der Waals surface area (Å²) in [5.74, 6) is -0.338. The predicted molar refractivity (Wildman–Crippen MR) is 75.4 cm³/mol. The van der Waals surface area contributed by atoms with E-state index in [4.69, 9.17) is 0 Å². The first-order valence-electron chi connectivity index (χ1n) is 5.74. The molecule has 1 heterocycles. The van der Waals surface area contributed by atoms with Crippen LogP contribution in [0.4, 0.5) is 18.3 Å². The molecule has 0 atom stereocenters. The molecule has 112 valence electrons. The summed E-state index contributed by atoms with van der Waals surface area (Å²) in [6.07, 6.45) is -4.54. The fourth-order valence-electron chi connectivity index (χ4n) is 1.33. The van der Waals surface area contributed by atoms with Gasteiger partial charge in [-0.15, -0.1) is 22.0 Å². The lowest BCUT2D eigenvalue weighted by Gasteiger charge is -2.02. The zero-order valence-electron chi connectivity index (χ0n) is 10.8. The first-order chi connectivity index (χ1) is 9.84. The van der Waals surface area contributed by atoms with Gasteiger partial charge in [0.25, 0.3) is 0 Å². The Morgan fingerprint density at radius 1 is 1.29 bits per heavy atom. The monoisotopic (exact) mass is 333 g/mol. The number of hydrogen-bond donors (Lipinski definition) is 1. The van der Waals surface area contributed by atoms with Gasteiger partial charge in [0.2, 0.25) is 16.0 Å². The molecule has 0 aliphatic carbocycles. The topological polar surface area (TPSA) is 54.9 Å². The Morgan fingerprint density at radius 2 is 1.95 bits per heavy atom. The van der Waals surface area contributed by atoms with Crippen LogP contribution in [0.1, 0.15) is 10.6 Å². The van der Waals surface area contributed by atoms with E-state index >= 15 is 0 Å². The number of anilines is 1. The van der Waals surface area contributed by atoms with E-state index in [1.54, 1.807) is 0 Å². The summed E-state index contributed by atoms with van der Waals surface area (Å²) in [6, 6.07) is 7.58. The van der Waals surface area contributed by atoms with E-state index in [2.05, 4.69) is 15.5 Å². The van der Waals surface area contributed by atoms with Crippen LogP contribution in [0, 0.1) is 6.92 Å². The number of alkyl halides is 3. The van der Waals surface area contributed by atoms with Crippen molar-refractivity contribution in [1.29, 1.82) is 0 Å². The maximum absolute atomic E-state index is 12.3. The van der Waals surface area contributed by atoms with Gasteiger partial charge in [-0.1, -0.05) is 29.0 Å². The second-order valence-electron chi connectivity index (χ2n) is 4.06. The van der Waals surface area contributed by atoms with Gasteiger partial charge in [0.1, 0.15) is 0 Å². The molecule has 1 N–H and O–H groups in total. The Morgan fingerprint density at radius 3 is 2.52 bits per heavy atom. The smallest absolute Gasteiger partial charge is 0.300 e. The second-order valence-corrected chi connectivity index (χ2v) is 6.09. The first-order valence-corrected chi connectivity index (χ1v) is 7.55. The van der Waals surface area contributed by atoms with E-state index in [1.165, 1.54) is 11.8 Å². The Bertz CT molecular complexity index is 625. The molecule has 0 unspecified atom stereocenters. The molecule has 4 nitrogen and oxygen atoms in total. The van der Waals surface area contributed by atoms with E-state index in [1.807, 2.05) is 31.2 Å². The quantitative estimate of drug-likeness (QED) is 0.869. The number of carbonyl (C=O) groups excluding carboxylic acids is 1. The molecule has 0 aliphatic heterocycles. The maximum atomic E-state index is 12.3. The number of carbonyl (C=O) groups is 1. The van der Waals surface area contributed by atoms with Gasteiger partial charge >= 0.3 is 6.18 Å². The molecule has 0 saturated carbocycles. The Balaban J connectivity index is 1.87. The van der Waals surface area contributed by atoms with E-state index < -0.39 is 17.1 Å². The molecule has 2 aromatic rings. The molecule has 0 radical (unpaired) electrons. The Hall–Kier alpha value is -1.61. The standard InChI is InChI=1S/C12H10F3N3OS2/c1-7-2-4-8(5-3-7)20-6-9(19)16-11-18-17-10(21-11)12(13,14)15/h2-5H,6H2,1H3,(H,16,18,19). The van der Waals surface area contributed by atoms with Crippen LogP contribution in [0.15, 0.2) is 29.2 Å². The minimum absolute atomic E-state index is 0.0873. The number of benzene rings is 1. The van der Waals surface area contributed by atoms with E-state index in [9.17, 15) is 18.0 Å². The lowest BCUT2D eigenvalue weighted by Crippen LogP contribution is -2.13. The van der Waals surface area contributed by atoms with Gasteiger partial charge < -0.3 is 0 Å². The van der Waals surface area contributed by atoms with Gasteiger partial charge in [0.05, 0.1) is 5.75 Å². The molecule has 21 heavy (non-hydrogen) atoms. The van der Waals surface area contributed by atoms with Crippen LogP contribution >= 0.6 is 23.1 Å². The van der Waals surface area contributed by atoms with Crippen LogP contribution < -0.4 is 5.32 Å². The van der Waals surface area contributed by atoms with Crippen molar-refractivity contribution < 1.29 is 18.0 Å². The number of nitrogens with one attached hydrogen (secondary N) is 1. The molecule has 1 aromatic heterocycles. The van der Waals surface area contributed by atoms with Crippen LogP contribution in [0.25, 0.3) is 0 Å². The molecule has 2 rings (SSSR count). The predicted octanol–water partition coefficient (Wildman–Crippen LogP) is 3.60. The Labute approximate surface area is 126 Å². The van der Waals surface area contributed by atoms with Gasteiger partial charge in [-0.3, -0.25) is 10.1 Å². The highest BCUT2D eigenvalue weighted by molar-refractivity contribution is 8.00. The van der Waals surface area contributed by atoms with Crippen LogP contribution in [-0.4, -0.2) is 21.9 Å².